The topological polar surface area (TPSA) is 49.7 Å². The second kappa shape index (κ2) is 6.95. The molecule has 2 aromatic heterocycles. The van der Waals surface area contributed by atoms with Gasteiger partial charge in [0.05, 0.1) is 6.04 Å². The van der Waals surface area contributed by atoms with Crippen LogP contribution in [0.15, 0.2) is 24.5 Å². The molecule has 2 rings (SSSR count). The first-order chi connectivity index (χ1) is 9.99. The molecule has 0 aliphatic carbocycles. The first kappa shape index (κ1) is 15.9. The van der Waals surface area contributed by atoms with Gasteiger partial charge in [-0.15, -0.1) is 0 Å². The zero-order valence-corrected chi connectivity index (χ0v) is 13.9. The highest BCUT2D eigenvalue weighted by atomic mass is 32.1. The first-order valence-corrected chi connectivity index (χ1v) is 7.62. The van der Waals surface area contributed by atoms with Gasteiger partial charge in [-0.3, -0.25) is 14.6 Å². The second-order valence-electron chi connectivity index (χ2n) is 6.00. The van der Waals surface area contributed by atoms with Gasteiger partial charge in [-0.1, -0.05) is 13.8 Å². The molecular weight excluding hydrogens is 282 g/mol. The van der Waals surface area contributed by atoms with Crippen molar-refractivity contribution in [1.29, 1.82) is 0 Å². The van der Waals surface area contributed by atoms with Gasteiger partial charge in [0, 0.05) is 24.5 Å². The van der Waals surface area contributed by atoms with Gasteiger partial charge in [0.1, 0.15) is 0 Å². The Bertz CT molecular complexity index is 604. The predicted molar refractivity (Wildman–Crippen MR) is 87.7 cm³/mol. The van der Waals surface area contributed by atoms with Gasteiger partial charge < -0.3 is 4.90 Å². The Hall–Kier alpha value is -1.53. The molecule has 0 aromatic carbocycles. The quantitative estimate of drug-likeness (QED) is 0.833. The lowest BCUT2D eigenvalue weighted by Gasteiger charge is -2.25. The van der Waals surface area contributed by atoms with Crippen molar-refractivity contribution in [1.82, 2.24) is 24.6 Å². The summed E-state index contributed by atoms with van der Waals surface area (Å²) in [6.07, 6.45) is 4.62. The largest absolute Gasteiger partial charge is 0.307 e. The number of aromatic nitrogens is 4. The lowest BCUT2D eigenvalue weighted by Crippen LogP contribution is -2.26. The van der Waals surface area contributed by atoms with E-state index in [4.69, 9.17) is 12.2 Å². The van der Waals surface area contributed by atoms with Crippen LogP contribution in [0.4, 0.5) is 0 Å². The van der Waals surface area contributed by atoms with Crippen LogP contribution in [0, 0.1) is 10.7 Å². The van der Waals surface area contributed by atoms with E-state index in [0.29, 0.717) is 16.7 Å². The average Bonchev–Trinajstić information content (AvgIpc) is 2.80. The minimum absolute atomic E-state index is 0.300. The van der Waals surface area contributed by atoms with E-state index in [9.17, 15) is 0 Å². The van der Waals surface area contributed by atoms with E-state index in [1.165, 1.54) is 0 Å². The number of nitrogens with one attached hydrogen (secondary N) is 1. The molecule has 0 amide bonds. The fraction of sp³-hybridized carbons (Fsp3) is 0.533. The van der Waals surface area contributed by atoms with E-state index in [-0.39, 0.29) is 0 Å². The zero-order chi connectivity index (χ0) is 15.4. The first-order valence-electron chi connectivity index (χ1n) is 7.21. The van der Waals surface area contributed by atoms with Gasteiger partial charge in [0.25, 0.3) is 0 Å². The minimum atomic E-state index is 0.300. The third kappa shape index (κ3) is 3.98. The molecule has 1 N–H and O–H groups in total. The molecule has 6 heteroatoms. The molecule has 0 fully saturated rings. The molecule has 2 aromatic rings. The van der Waals surface area contributed by atoms with Gasteiger partial charge in [-0.05, 0) is 50.8 Å². The van der Waals surface area contributed by atoms with Crippen molar-refractivity contribution in [3.8, 4) is 11.4 Å². The molecule has 0 saturated carbocycles. The third-order valence-corrected chi connectivity index (χ3v) is 3.62. The molecule has 21 heavy (non-hydrogen) atoms. The summed E-state index contributed by atoms with van der Waals surface area (Å²) in [6, 6.07) is 4.22. The Morgan fingerprint density at radius 1 is 1.29 bits per heavy atom. The van der Waals surface area contributed by atoms with Gasteiger partial charge in [0.15, 0.2) is 10.6 Å². The van der Waals surface area contributed by atoms with E-state index in [0.717, 1.165) is 24.4 Å². The van der Waals surface area contributed by atoms with Crippen LogP contribution in [0.2, 0.25) is 0 Å². The molecule has 0 saturated heterocycles. The van der Waals surface area contributed by atoms with Gasteiger partial charge in [0.2, 0.25) is 0 Å². The lowest BCUT2D eigenvalue weighted by molar-refractivity contribution is 0.288. The number of nitrogens with zero attached hydrogens (tertiary/aromatic N) is 4. The van der Waals surface area contributed by atoms with Crippen LogP contribution in [-0.4, -0.2) is 45.3 Å². The Balaban J connectivity index is 2.45. The summed E-state index contributed by atoms with van der Waals surface area (Å²) in [5, 5.41) is 7.36. The summed E-state index contributed by atoms with van der Waals surface area (Å²) >= 11 is 5.47. The maximum atomic E-state index is 5.47. The maximum absolute atomic E-state index is 5.47. The summed E-state index contributed by atoms with van der Waals surface area (Å²) in [7, 11) is 4.17. The fourth-order valence-corrected chi connectivity index (χ4v) is 2.86. The Kier molecular flexibility index (Phi) is 5.25. The molecule has 0 aliphatic rings. The Labute approximate surface area is 131 Å². The van der Waals surface area contributed by atoms with Crippen molar-refractivity contribution in [3.05, 3.63) is 29.3 Å². The molecule has 2 heterocycles. The molecule has 0 radical (unpaired) electrons. The van der Waals surface area contributed by atoms with E-state index < -0.39 is 0 Å². The monoisotopic (exact) mass is 305 g/mol. The van der Waals surface area contributed by atoms with Crippen LogP contribution in [0.3, 0.4) is 0 Å². The Morgan fingerprint density at radius 2 is 1.95 bits per heavy atom. The smallest absolute Gasteiger partial charge is 0.195 e. The van der Waals surface area contributed by atoms with Crippen molar-refractivity contribution in [3.63, 3.8) is 0 Å². The molecule has 5 nitrogen and oxygen atoms in total. The van der Waals surface area contributed by atoms with Gasteiger partial charge in [-0.2, -0.15) is 5.10 Å². The van der Waals surface area contributed by atoms with Crippen LogP contribution in [-0.2, 0) is 0 Å². The molecule has 0 spiro atoms. The number of H-pyrrole nitrogens is 1. The number of hydrogen-bond acceptors (Lipinski definition) is 4. The van der Waals surface area contributed by atoms with Crippen LogP contribution in [0.5, 0.6) is 0 Å². The fourth-order valence-electron chi connectivity index (χ4n) is 2.58. The van der Waals surface area contributed by atoms with E-state index in [2.05, 4.69) is 52.6 Å². The van der Waals surface area contributed by atoms with Gasteiger partial charge in [-0.25, -0.2) is 0 Å². The van der Waals surface area contributed by atoms with E-state index >= 15 is 0 Å². The summed E-state index contributed by atoms with van der Waals surface area (Å²) in [6.45, 7) is 5.40. The van der Waals surface area contributed by atoms with E-state index in [1.807, 2.05) is 12.1 Å². The Morgan fingerprint density at radius 3 is 2.52 bits per heavy atom. The summed E-state index contributed by atoms with van der Waals surface area (Å²) < 4.78 is 2.82. The number of aromatic amines is 1. The molecular formula is C15H23N5S. The lowest BCUT2D eigenvalue weighted by atomic mass is 10.0. The number of rotatable bonds is 6. The standard InChI is InChI=1S/C15H23N5S/c1-11(2)9-13(10-19(3)4)20-14(17-18-15(20)21)12-5-7-16-8-6-12/h5-8,11,13H,9-10H2,1-4H3,(H,18,21). The molecule has 1 unspecified atom stereocenters. The number of pyridine rings is 1. The van der Waals surface area contributed by atoms with Gasteiger partial charge >= 0.3 is 0 Å². The van der Waals surface area contributed by atoms with Crippen molar-refractivity contribution >= 4 is 12.2 Å². The highest BCUT2D eigenvalue weighted by Crippen LogP contribution is 2.25. The molecule has 0 bridgehead atoms. The summed E-state index contributed by atoms with van der Waals surface area (Å²) in [5.41, 5.74) is 1.03. The normalized spacial score (nSPS) is 13.0. The zero-order valence-electron chi connectivity index (χ0n) is 13.1. The number of hydrogen-bond donors (Lipinski definition) is 1. The maximum Gasteiger partial charge on any atom is 0.195 e. The van der Waals surface area contributed by atoms with Crippen molar-refractivity contribution in [2.24, 2.45) is 5.92 Å². The predicted octanol–water partition coefficient (Wildman–Crippen LogP) is 3.15. The molecule has 1 atom stereocenters. The molecule has 0 aliphatic heterocycles. The number of likely N-dealkylation sites (N-methyl/N-ethyl adjacent to an activating group) is 1. The SMILES string of the molecule is CC(C)CC(CN(C)C)n1c(-c2ccncc2)n[nH]c1=S. The van der Waals surface area contributed by atoms with Crippen LogP contribution < -0.4 is 0 Å². The highest BCUT2D eigenvalue weighted by Gasteiger charge is 2.20. The van der Waals surface area contributed by atoms with Crippen LogP contribution in [0.25, 0.3) is 11.4 Å². The summed E-state index contributed by atoms with van der Waals surface area (Å²) in [4.78, 5) is 6.26. The van der Waals surface area contributed by atoms with E-state index in [1.54, 1.807) is 12.4 Å². The van der Waals surface area contributed by atoms with Crippen molar-refractivity contribution < 1.29 is 0 Å². The minimum Gasteiger partial charge on any atom is -0.307 e. The van der Waals surface area contributed by atoms with Crippen LogP contribution in [0.1, 0.15) is 26.3 Å². The molecule has 114 valence electrons. The second-order valence-corrected chi connectivity index (χ2v) is 6.39. The third-order valence-electron chi connectivity index (χ3n) is 3.33. The van der Waals surface area contributed by atoms with Crippen LogP contribution >= 0.6 is 12.2 Å². The van der Waals surface area contributed by atoms with Crippen molar-refractivity contribution in [2.75, 3.05) is 20.6 Å². The highest BCUT2D eigenvalue weighted by molar-refractivity contribution is 7.71. The summed E-state index contributed by atoms with van der Waals surface area (Å²) in [5.74, 6) is 1.48. The average molecular weight is 305 g/mol. The van der Waals surface area contributed by atoms with Crippen molar-refractivity contribution in [2.45, 2.75) is 26.3 Å².